The van der Waals surface area contributed by atoms with Crippen LogP contribution in [-0.2, 0) is 0 Å². The van der Waals surface area contributed by atoms with Crippen LogP contribution in [0.2, 0.25) is 0 Å². The van der Waals surface area contributed by atoms with E-state index in [4.69, 9.17) is 0 Å². The SMILES string of the molecule is O=C1C=C(n2cc(-c3ccc(Br)cc3)nn2)C(=O)c2ccccc21. The number of hydrogen-bond donors (Lipinski definition) is 0. The molecule has 0 saturated heterocycles. The van der Waals surface area contributed by atoms with Gasteiger partial charge >= 0.3 is 0 Å². The molecule has 0 aliphatic heterocycles. The van der Waals surface area contributed by atoms with Crippen LogP contribution in [0.25, 0.3) is 17.0 Å². The van der Waals surface area contributed by atoms with Gasteiger partial charge in [-0.2, -0.15) is 0 Å². The summed E-state index contributed by atoms with van der Waals surface area (Å²) in [7, 11) is 0. The molecule has 0 amide bonds. The third-order valence-corrected chi connectivity index (χ3v) is 4.35. The Morgan fingerprint density at radius 3 is 2.38 bits per heavy atom. The molecule has 0 radical (unpaired) electrons. The lowest BCUT2D eigenvalue weighted by Crippen LogP contribution is -2.19. The number of rotatable bonds is 2. The van der Waals surface area contributed by atoms with Crippen molar-refractivity contribution in [3.63, 3.8) is 0 Å². The van der Waals surface area contributed by atoms with Crippen molar-refractivity contribution in [2.75, 3.05) is 0 Å². The number of ketones is 2. The Labute approximate surface area is 145 Å². The van der Waals surface area contributed by atoms with E-state index in [0.717, 1.165) is 10.0 Å². The van der Waals surface area contributed by atoms with E-state index < -0.39 is 0 Å². The van der Waals surface area contributed by atoms with Crippen LogP contribution in [0.3, 0.4) is 0 Å². The standard InChI is InChI=1S/C18H10BrN3O2/c19-12-7-5-11(6-8-12)15-10-22(21-20-15)16-9-17(23)13-3-1-2-4-14(13)18(16)24/h1-10H. The van der Waals surface area contributed by atoms with Gasteiger partial charge < -0.3 is 0 Å². The molecular weight excluding hydrogens is 370 g/mol. The molecule has 0 fully saturated rings. The number of allylic oxidation sites excluding steroid dienone is 2. The molecule has 0 atom stereocenters. The summed E-state index contributed by atoms with van der Waals surface area (Å²) in [6.07, 6.45) is 2.96. The first-order chi connectivity index (χ1) is 11.6. The Morgan fingerprint density at radius 2 is 1.62 bits per heavy atom. The summed E-state index contributed by atoms with van der Waals surface area (Å²) in [5, 5.41) is 8.11. The zero-order valence-corrected chi connectivity index (χ0v) is 13.9. The monoisotopic (exact) mass is 379 g/mol. The Kier molecular flexibility index (Phi) is 3.46. The number of nitrogens with zero attached hydrogens (tertiary/aromatic N) is 3. The van der Waals surface area contributed by atoms with E-state index in [1.807, 2.05) is 24.3 Å². The molecule has 0 bridgehead atoms. The maximum absolute atomic E-state index is 12.6. The lowest BCUT2D eigenvalue weighted by atomic mass is 9.93. The average Bonchev–Trinajstić information content (AvgIpc) is 3.08. The van der Waals surface area contributed by atoms with Gasteiger partial charge in [0.15, 0.2) is 5.78 Å². The van der Waals surface area contributed by atoms with Crippen molar-refractivity contribution in [2.24, 2.45) is 0 Å². The van der Waals surface area contributed by atoms with E-state index >= 15 is 0 Å². The summed E-state index contributed by atoms with van der Waals surface area (Å²) in [5.74, 6) is -0.446. The third-order valence-electron chi connectivity index (χ3n) is 3.82. The van der Waals surface area contributed by atoms with Crippen LogP contribution in [0.15, 0.2) is 65.3 Å². The molecule has 1 heterocycles. The molecule has 0 N–H and O–H groups in total. The van der Waals surface area contributed by atoms with E-state index in [2.05, 4.69) is 26.2 Å². The van der Waals surface area contributed by atoms with Crippen LogP contribution >= 0.6 is 15.9 Å². The maximum atomic E-state index is 12.6. The highest BCUT2D eigenvalue weighted by Gasteiger charge is 2.27. The minimum absolute atomic E-state index is 0.203. The van der Waals surface area contributed by atoms with Gasteiger partial charge in [-0.25, -0.2) is 4.68 Å². The second kappa shape index (κ2) is 5.65. The van der Waals surface area contributed by atoms with Gasteiger partial charge in [-0.05, 0) is 12.1 Å². The molecule has 1 aliphatic rings. The van der Waals surface area contributed by atoms with Gasteiger partial charge in [0.25, 0.3) is 0 Å². The number of carbonyl (C=O) groups excluding carboxylic acids is 2. The topological polar surface area (TPSA) is 64.8 Å². The van der Waals surface area contributed by atoms with Crippen LogP contribution in [0.4, 0.5) is 0 Å². The number of hydrogen-bond acceptors (Lipinski definition) is 4. The van der Waals surface area contributed by atoms with Gasteiger partial charge in [0.2, 0.25) is 5.78 Å². The number of benzene rings is 2. The first-order valence-electron chi connectivity index (χ1n) is 7.22. The average molecular weight is 380 g/mol. The number of aromatic nitrogens is 3. The van der Waals surface area contributed by atoms with Gasteiger partial charge in [-0.15, -0.1) is 5.10 Å². The molecule has 3 aromatic rings. The number of fused-ring (bicyclic) bond motifs is 1. The summed E-state index contributed by atoms with van der Waals surface area (Å²) in [6.45, 7) is 0. The molecule has 6 heteroatoms. The quantitative estimate of drug-likeness (QED) is 0.681. The van der Waals surface area contributed by atoms with Crippen LogP contribution in [0.1, 0.15) is 20.7 Å². The van der Waals surface area contributed by atoms with Crippen LogP contribution in [0, 0.1) is 0 Å². The maximum Gasteiger partial charge on any atom is 0.212 e. The predicted molar refractivity (Wildman–Crippen MR) is 92.5 cm³/mol. The molecule has 0 spiro atoms. The van der Waals surface area contributed by atoms with E-state index in [9.17, 15) is 9.59 Å². The van der Waals surface area contributed by atoms with E-state index in [1.54, 1.807) is 30.5 Å². The van der Waals surface area contributed by atoms with Crippen molar-refractivity contribution < 1.29 is 9.59 Å². The van der Waals surface area contributed by atoms with Crippen molar-refractivity contribution in [2.45, 2.75) is 0 Å². The fraction of sp³-hybridized carbons (Fsp3) is 0. The van der Waals surface area contributed by atoms with Crippen molar-refractivity contribution in [1.29, 1.82) is 0 Å². The number of halogens is 1. The largest absolute Gasteiger partial charge is 0.289 e. The molecule has 4 rings (SSSR count). The zero-order valence-electron chi connectivity index (χ0n) is 12.3. The first kappa shape index (κ1) is 14.7. The fourth-order valence-electron chi connectivity index (χ4n) is 2.61. The van der Waals surface area contributed by atoms with Crippen molar-refractivity contribution in [3.8, 4) is 11.3 Å². The highest BCUT2D eigenvalue weighted by Crippen LogP contribution is 2.25. The summed E-state index contributed by atoms with van der Waals surface area (Å²) in [5.41, 5.74) is 2.51. The summed E-state index contributed by atoms with van der Waals surface area (Å²) >= 11 is 3.38. The molecule has 1 aliphatic carbocycles. The summed E-state index contributed by atoms with van der Waals surface area (Å²) in [6, 6.07) is 14.4. The zero-order chi connectivity index (χ0) is 16.7. The number of Topliss-reactive ketones (excluding diaryl/α,β-unsaturated/α-hetero) is 1. The number of carbonyl (C=O) groups is 2. The second-order valence-corrected chi connectivity index (χ2v) is 6.24. The van der Waals surface area contributed by atoms with Gasteiger partial charge in [0.1, 0.15) is 11.4 Å². The molecule has 0 saturated carbocycles. The molecule has 2 aromatic carbocycles. The van der Waals surface area contributed by atoms with Gasteiger partial charge in [0, 0.05) is 27.2 Å². The Morgan fingerprint density at radius 1 is 0.917 bits per heavy atom. The summed E-state index contributed by atoms with van der Waals surface area (Å²) < 4.78 is 2.32. The minimum Gasteiger partial charge on any atom is -0.289 e. The highest BCUT2D eigenvalue weighted by molar-refractivity contribution is 9.10. The Balaban J connectivity index is 1.74. The third kappa shape index (κ3) is 2.41. The smallest absolute Gasteiger partial charge is 0.212 e. The minimum atomic E-state index is -0.238. The highest BCUT2D eigenvalue weighted by atomic mass is 79.9. The van der Waals surface area contributed by atoms with Gasteiger partial charge in [-0.3, -0.25) is 9.59 Å². The molecule has 5 nitrogen and oxygen atoms in total. The normalized spacial score (nSPS) is 13.6. The lowest BCUT2D eigenvalue weighted by molar-refractivity contribution is 0.0996. The van der Waals surface area contributed by atoms with Crippen molar-refractivity contribution >= 4 is 33.2 Å². The van der Waals surface area contributed by atoms with Crippen LogP contribution in [0.5, 0.6) is 0 Å². The Hall–Kier alpha value is -2.86. The molecule has 0 unspecified atom stereocenters. The molecule has 116 valence electrons. The van der Waals surface area contributed by atoms with Gasteiger partial charge in [0.05, 0.1) is 6.20 Å². The van der Waals surface area contributed by atoms with Crippen LogP contribution in [-0.4, -0.2) is 26.6 Å². The first-order valence-corrected chi connectivity index (χ1v) is 8.01. The van der Waals surface area contributed by atoms with E-state index in [1.165, 1.54) is 10.8 Å². The van der Waals surface area contributed by atoms with E-state index in [0.29, 0.717) is 16.8 Å². The lowest BCUT2D eigenvalue weighted by Gasteiger charge is -2.13. The molecule has 1 aromatic heterocycles. The molecular formula is C18H10BrN3O2. The summed E-state index contributed by atoms with van der Waals surface area (Å²) in [4.78, 5) is 24.9. The molecule has 24 heavy (non-hydrogen) atoms. The van der Waals surface area contributed by atoms with Crippen molar-refractivity contribution in [3.05, 3.63) is 76.4 Å². The predicted octanol–water partition coefficient (Wildman–Crippen LogP) is 3.63. The Bertz CT molecular complexity index is 1000. The van der Waals surface area contributed by atoms with Crippen molar-refractivity contribution in [1.82, 2.24) is 15.0 Å². The van der Waals surface area contributed by atoms with E-state index in [-0.39, 0.29) is 17.3 Å². The van der Waals surface area contributed by atoms with Gasteiger partial charge in [-0.1, -0.05) is 57.5 Å². The fourth-order valence-corrected chi connectivity index (χ4v) is 2.87. The van der Waals surface area contributed by atoms with Crippen LogP contribution < -0.4 is 0 Å². The second-order valence-electron chi connectivity index (χ2n) is 5.32.